The van der Waals surface area contributed by atoms with Crippen LogP contribution >= 0.6 is 27.3 Å². The van der Waals surface area contributed by atoms with Crippen LogP contribution in [-0.4, -0.2) is 30.5 Å². The lowest BCUT2D eigenvalue weighted by Crippen LogP contribution is -2.26. The Balaban J connectivity index is 2.02. The fourth-order valence-corrected chi connectivity index (χ4v) is 3.74. The van der Waals surface area contributed by atoms with E-state index >= 15 is 0 Å². The molecule has 2 rings (SSSR count). The maximum Gasteiger partial charge on any atom is 0.339 e. The van der Waals surface area contributed by atoms with Crippen LogP contribution in [-0.2, 0) is 11.2 Å². The van der Waals surface area contributed by atoms with E-state index in [0.717, 1.165) is 10.2 Å². The predicted molar refractivity (Wildman–Crippen MR) is 89.7 cm³/mol. The van der Waals surface area contributed by atoms with Crippen LogP contribution in [0, 0.1) is 13.8 Å². The van der Waals surface area contributed by atoms with Gasteiger partial charge < -0.3 is 15.0 Å². The first-order valence-corrected chi connectivity index (χ1v) is 8.35. The lowest BCUT2D eigenvalue weighted by atomic mass is 10.1. The summed E-state index contributed by atoms with van der Waals surface area (Å²) in [6.07, 6.45) is 0.768. The van der Waals surface area contributed by atoms with Gasteiger partial charge in [0.2, 0.25) is 0 Å². The molecule has 0 fully saturated rings. The molecule has 2 N–H and O–H groups in total. The van der Waals surface area contributed by atoms with Gasteiger partial charge in [0.15, 0.2) is 0 Å². The number of aromatic amines is 1. The number of H-pyrrole nitrogens is 1. The van der Waals surface area contributed by atoms with E-state index in [0.29, 0.717) is 29.1 Å². The van der Waals surface area contributed by atoms with Crippen LogP contribution < -0.4 is 5.32 Å². The van der Waals surface area contributed by atoms with Crippen molar-refractivity contribution in [3.05, 3.63) is 43.3 Å². The van der Waals surface area contributed by atoms with E-state index in [9.17, 15) is 9.59 Å². The maximum absolute atomic E-state index is 12.2. The Kier molecular flexibility index (Phi) is 5.42. The summed E-state index contributed by atoms with van der Waals surface area (Å²) in [4.78, 5) is 28.1. The third kappa shape index (κ3) is 3.59. The van der Waals surface area contributed by atoms with Gasteiger partial charge in [-0.3, -0.25) is 4.79 Å². The Bertz CT molecular complexity index is 706. The molecule has 0 unspecified atom stereocenters. The second-order valence-electron chi connectivity index (χ2n) is 4.83. The topological polar surface area (TPSA) is 71.2 Å². The molecule has 0 saturated carbocycles. The molecule has 0 bridgehead atoms. The van der Waals surface area contributed by atoms with Crippen molar-refractivity contribution in [3.8, 4) is 0 Å². The number of halogens is 1. The van der Waals surface area contributed by atoms with Gasteiger partial charge in [-0.1, -0.05) is 0 Å². The summed E-state index contributed by atoms with van der Waals surface area (Å²) in [5, 5.41) is 2.86. The van der Waals surface area contributed by atoms with Crippen LogP contribution in [0.1, 0.15) is 37.0 Å². The van der Waals surface area contributed by atoms with E-state index in [1.165, 1.54) is 12.0 Å². The highest BCUT2D eigenvalue weighted by Crippen LogP contribution is 2.22. The number of ether oxygens (including phenoxy) is 1. The van der Waals surface area contributed by atoms with Crippen LogP contribution in [0.5, 0.6) is 0 Å². The largest absolute Gasteiger partial charge is 0.465 e. The lowest BCUT2D eigenvalue weighted by molar-refractivity contribution is 0.0599. The molecule has 22 heavy (non-hydrogen) atoms. The summed E-state index contributed by atoms with van der Waals surface area (Å²) in [7, 11) is 1.33. The zero-order valence-corrected chi connectivity index (χ0v) is 15.0. The van der Waals surface area contributed by atoms with Crippen molar-refractivity contribution >= 4 is 39.1 Å². The number of aromatic nitrogens is 1. The molecule has 0 aliphatic rings. The van der Waals surface area contributed by atoms with E-state index in [1.54, 1.807) is 25.2 Å². The zero-order chi connectivity index (χ0) is 16.3. The molecule has 0 radical (unpaired) electrons. The molecule has 118 valence electrons. The Morgan fingerprint density at radius 3 is 2.68 bits per heavy atom. The van der Waals surface area contributed by atoms with Crippen molar-refractivity contribution in [2.45, 2.75) is 20.3 Å². The first-order valence-electron chi connectivity index (χ1n) is 6.74. The molecule has 0 saturated heterocycles. The number of nitrogens with one attached hydrogen (secondary N) is 2. The molecular formula is C15H17BrN2O3S. The van der Waals surface area contributed by atoms with E-state index in [-0.39, 0.29) is 5.91 Å². The minimum Gasteiger partial charge on any atom is -0.465 e. The SMILES string of the molecule is COC(=O)c1c(C)[nH]c(C(=O)NCCc2ccc(Br)s2)c1C. The number of thiophene rings is 1. The molecular weight excluding hydrogens is 368 g/mol. The van der Waals surface area contributed by atoms with Gasteiger partial charge in [0, 0.05) is 17.1 Å². The average Bonchev–Trinajstić information content (AvgIpc) is 3.02. The molecule has 5 nitrogen and oxygen atoms in total. The van der Waals surface area contributed by atoms with Crippen molar-refractivity contribution in [1.29, 1.82) is 0 Å². The van der Waals surface area contributed by atoms with E-state index in [2.05, 4.69) is 26.2 Å². The van der Waals surface area contributed by atoms with Crippen LogP contribution in [0.4, 0.5) is 0 Å². The van der Waals surface area contributed by atoms with E-state index in [1.807, 2.05) is 12.1 Å². The first-order chi connectivity index (χ1) is 10.4. The number of hydrogen-bond donors (Lipinski definition) is 2. The molecule has 2 aromatic rings. The number of aryl methyl sites for hydroxylation is 1. The van der Waals surface area contributed by atoms with Gasteiger partial charge in [-0.15, -0.1) is 11.3 Å². The Labute approximate surface area is 141 Å². The number of carbonyl (C=O) groups is 2. The third-order valence-corrected chi connectivity index (χ3v) is 5.02. The molecule has 0 atom stereocenters. The monoisotopic (exact) mass is 384 g/mol. The average molecular weight is 385 g/mol. The number of rotatable bonds is 5. The summed E-state index contributed by atoms with van der Waals surface area (Å²) < 4.78 is 5.81. The summed E-state index contributed by atoms with van der Waals surface area (Å²) >= 11 is 5.06. The number of carbonyl (C=O) groups excluding carboxylic acids is 2. The van der Waals surface area contributed by atoms with E-state index < -0.39 is 5.97 Å². The van der Waals surface area contributed by atoms with Gasteiger partial charge >= 0.3 is 5.97 Å². The molecule has 0 spiro atoms. The first kappa shape index (κ1) is 16.8. The third-order valence-electron chi connectivity index (χ3n) is 3.34. The number of methoxy groups -OCH3 is 1. The molecule has 0 aliphatic heterocycles. The number of amides is 1. The Morgan fingerprint density at radius 1 is 1.36 bits per heavy atom. The van der Waals surface area contributed by atoms with Crippen LogP contribution in [0.15, 0.2) is 15.9 Å². The second kappa shape index (κ2) is 7.11. The second-order valence-corrected chi connectivity index (χ2v) is 7.38. The summed E-state index contributed by atoms with van der Waals surface area (Å²) in [6.45, 7) is 4.02. The van der Waals surface area contributed by atoms with Crippen molar-refractivity contribution in [2.75, 3.05) is 13.7 Å². The fourth-order valence-electron chi connectivity index (χ4n) is 2.26. The van der Waals surface area contributed by atoms with Gasteiger partial charge in [-0.05, 0) is 53.9 Å². The van der Waals surface area contributed by atoms with E-state index in [4.69, 9.17) is 4.74 Å². The highest BCUT2D eigenvalue weighted by molar-refractivity contribution is 9.11. The number of esters is 1. The van der Waals surface area contributed by atoms with Crippen molar-refractivity contribution in [1.82, 2.24) is 10.3 Å². The standard InChI is InChI=1S/C15H17BrN2O3S/c1-8-12(15(20)21-3)9(2)18-13(8)14(19)17-7-6-10-4-5-11(16)22-10/h4-5,18H,6-7H2,1-3H3,(H,17,19). The molecule has 0 aliphatic carbocycles. The van der Waals surface area contributed by atoms with Crippen molar-refractivity contribution in [2.24, 2.45) is 0 Å². The molecule has 7 heteroatoms. The predicted octanol–water partition coefficient (Wildman–Crippen LogP) is 3.21. The zero-order valence-electron chi connectivity index (χ0n) is 12.6. The lowest BCUT2D eigenvalue weighted by Gasteiger charge is -2.04. The van der Waals surface area contributed by atoms with Gasteiger partial charge in [0.05, 0.1) is 16.5 Å². The maximum atomic E-state index is 12.2. The van der Waals surface area contributed by atoms with Crippen LogP contribution in [0.25, 0.3) is 0 Å². The molecule has 2 aromatic heterocycles. The fraction of sp³-hybridized carbons (Fsp3) is 0.333. The van der Waals surface area contributed by atoms with Crippen molar-refractivity contribution < 1.29 is 14.3 Å². The smallest absolute Gasteiger partial charge is 0.339 e. The Hall–Kier alpha value is -1.60. The quantitative estimate of drug-likeness (QED) is 0.777. The van der Waals surface area contributed by atoms with Gasteiger partial charge in [0.1, 0.15) is 5.69 Å². The van der Waals surface area contributed by atoms with Crippen molar-refractivity contribution in [3.63, 3.8) is 0 Å². The van der Waals surface area contributed by atoms with Crippen LogP contribution in [0.2, 0.25) is 0 Å². The molecule has 1 amide bonds. The number of hydrogen-bond acceptors (Lipinski definition) is 4. The summed E-state index contributed by atoms with van der Waals surface area (Å²) in [5.41, 5.74) is 2.08. The summed E-state index contributed by atoms with van der Waals surface area (Å²) in [6, 6.07) is 4.02. The highest BCUT2D eigenvalue weighted by Gasteiger charge is 2.22. The minimum absolute atomic E-state index is 0.216. The van der Waals surface area contributed by atoms with Gasteiger partial charge in [0.25, 0.3) is 5.91 Å². The van der Waals surface area contributed by atoms with Crippen LogP contribution in [0.3, 0.4) is 0 Å². The normalized spacial score (nSPS) is 10.5. The summed E-state index contributed by atoms with van der Waals surface area (Å²) in [5.74, 6) is -0.653. The molecule has 0 aromatic carbocycles. The van der Waals surface area contributed by atoms with Gasteiger partial charge in [-0.25, -0.2) is 4.79 Å². The Morgan fingerprint density at radius 2 is 2.09 bits per heavy atom. The molecule has 2 heterocycles. The minimum atomic E-state index is -0.436. The highest BCUT2D eigenvalue weighted by atomic mass is 79.9. The van der Waals surface area contributed by atoms with Gasteiger partial charge in [-0.2, -0.15) is 0 Å².